The van der Waals surface area contributed by atoms with Crippen LogP contribution in [0.3, 0.4) is 0 Å². The molecule has 30 heavy (non-hydrogen) atoms. The molecule has 2 aliphatic rings. The Labute approximate surface area is 170 Å². The third-order valence-corrected chi connectivity index (χ3v) is 5.81. The van der Waals surface area contributed by atoms with E-state index in [2.05, 4.69) is 10.3 Å². The molecule has 156 valence electrons. The van der Waals surface area contributed by atoms with Crippen LogP contribution in [0.5, 0.6) is 11.5 Å². The van der Waals surface area contributed by atoms with Crippen molar-refractivity contribution in [2.45, 2.75) is 43.9 Å². The van der Waals surface area contributed by atoms with Crippen LogP contribution in [-0.4, -0.2) is 47.0 Å². The van der Waals surface area contributed by atoms with Gasteiger partial charge in [-0.15, -0.1) is 0 Å². The Morgan fingerprint density at radius 2 is 1.93 bits per heavy atom. The lowest BCUT2D eigenvalue weighted by Gasteiger charge is -2.37. The van der Waals surface area contributed by atoms with Crippen LogP contribution < -0.4 is 9.47 Å². The summed E-state index contributed by atoms with van der Waals surface area (Å²) in [5, 5.41) is 17.9. The summed E-state index contributed by atoms with van der Waals surface area (Å²) in [6.45, 7) is -2.97. The van der Waals surface area contributed by atoms with Gasteiger partial charge in [0.05, 0.1) is 25.0 Å². The quantitative estimate of drug-likeness (QED) is 0.699. The number of aliphatic hydroxyl groups excluding tert-OH is 1. The molecular weight excluding hydrogens is 396 g/mol. The van der Waals surface area contributed by atoms with E-state index in [4.69, 9.17) is 19.1 Å². The zero-order chi connectivity index (χ0) is 20.8. The fourth-order valence-electron chi connectivity index (χ4n) is 4.45. The van der Waals surface area contributed by atoms with Crippen molar-refractivity contribution in [3.05, 3.63) is 47.0 Å². The first kappa shape index (κ1) is 18.9. The molecule has 3 unspecified atom stereocenters. The highest BCUT2D eigenvalue weighted by molar-refractivity contribution is 6.16. The van der Waals surface area contributed by atoms with Crippen LogP contribution in [0.25, 0.3) is 11.0 Å². The highest BCUT2D eigenvalue weighted by atomic mass is 19.3. The number of nitrogens with zero attached hydrogens (tertiary/aromatic N) is 3. The van der Waals surface area contributed by atoms with E-state index in [-0.39, 0.29) is 23.5 Å². The van der Waals surface area contributed by atoms with Crippen LogP contribution in [0, 0.1) is 0 Å². The summed E-state index contributed by atoms with van der Waals surface area (Å²) in [6, 6.07) is 8.72. The molecule has 0 radical (unpaired) electrons. The third kappa shape index (κ3) is 3.19. The highest BCUT2D eigenvalue weighted by Crippen LogP contribution is 2.45. The first-order chi connectivity index (χ1) is 14.5. The zero-order valence-electron chi connectivity index (χ0n) is 16.1. The van der Waals surface area contributed by atoms with Gasteiger partial charge in [0, 0.05) is 17.0 Å². The Bertz CT molecular complexity index is 1130. The van der Waals surface area contributed by atoms with E-state index < -0.39 is 12.7 Å². The first-order valence-corrected chi connectivity index (χ1v) is 9.69. The second-order valence-corrected chi connectivity index (χ2v) is 7.55. The summed E-state index contributed by atoms with van der Waals surface area (Å²) in [7, 11) is 1.40. The maximum absolute atomic E-state index is 13.0. The fourth-order valence-corrected chi connectivity index (χ4v) is 4.45. The summed E-state index contributed by atoms with van der Waals surface area (Å²) in [5.41, 5.74) is 4.34. The number of aromatic nitrogens is 2. The highest BCUT2D eigenvalue weighted by Gasteiger charge is 2.37. The molecule has 1 aliphatic heterocycles. The molecule has 3 aromatic rings. The van der Waals surface area contributed by atoms with E-state index in [1.54, 1.807) is 18.2 Å². The van der Waals surface area contributed by atoms with Crippen LogP contribution in [0.4, 0.5) is 8.78 Å². The summed E-state index contributed by atoms with van der Waals surface area (Å²) in [6.07, 6.45) is 1.42. The van der Waals surface area contributed by atoms with Crippen molar-refractivity contribution in [2.75, 3.05) is 7.11 Å². The van der Waals surface area contributed by atoms with Crippen LogP contribution in [0.2, 0.25) is 0 Å². The normalized spacial score (nSPS) is 23.1. The van der Waals surface area contributed by atoms with Crippen molar-refractivity contribution >= 4 is 16.7 Å². The van der Waals surface area contributed by atoms with Gasteiger partial charge in [-0.2, -0.15) is 8.78 Å². The molecule has 7 nitrogen and oxygen atoms in total. The molecule has 1 aliphatic carbocycles. The molecule has 1 saturated carbocycles. The van der Waals surface area contributed by atoms with Crippen molar-refractivity contribution in [1.29, 1.82) is 0 Å². The van der Waals surface area contributed by atoms with E-state index in [0.717, 1.165) is 22.4 Å². The number of hydrogen-bond acceptors (Lipinski definition) is 7. The number of benzene rings is 2. The molecule has 0 saturated heterocycles. The van der Waals surface area contributed by atoms with E-state index in [1.807, 2.05) is 12.1 Å². The number of ether oxygens (including phenoxy) is 2. The monoisotopic (exact) mass is 415 g/mol. The maximum Gasteiger partial charge on any atom is 0.387 e. The Balaban J connectivity index is 1.68. The van der Waals surface area contributed by atoms with Crippen molar-refractivity contribution in [3.63, 3.8) is 0 Å². The number of fused-ring (bicyclic) bond motifs is 4. The van der Waals surface area contributed by atoms with Gasteiger partial charge in [0.15, 0.2) is 11.5 Å². The molecule has 0 spiro atoms. The lowest BCUT2D eigenvalue weighted by Crippen LogP contribution is -2.34. The summed E-state index contributed by atoms with van der Waals surface area (Å²) in [4.78, 5) is 4.99. The molecular formula is C21H19F2N3O4. The average Bonchev–Trinajstić information content (AvgIpc) is 3.20. The SMILES string of the molecule is COc1cc2c(cc1OC(F)F)C1CC(O)CCC1N=C2c1ccc2nonc2c1. The predicted octanol–water partition coefficient (Wildman–Crippen LogP) is 3.68. The number of hydrogen-bond donors (Lipinski definition) is 1. The molecule has 0 amide bonds. The van der Waals surface area contributed by atoms with Crippen molar-refractivity contribution in [1.82, 2.24) is 10.3 Å². The summed E-state index contributed by atoms with van der Waals surface area (Å²) < 4.78 is 40.7. The molecule has 1 fully saturated rings. The van der Waals surface area contributed by atoms with Gasteiger partial charge in [0.1, 0.15) is 11.0 Å². The standard InChI is InChI=1S/C21H19F2N3O4/c1-28-18-9-14-12(8-19(18)29-21(22)23)13-7-11(27)3-5-15(13)24-20(14)10-2-4-16-17(6-10)26-30-25-16/h2,4,6,8-9,11,13,15,21,27H,3,5,7H2,1H3. The van der Waals surface area contributed by atoms with Gasteiger partial charge in [0.2, 0.25) is 0 Å². The molecule has 5 rings (SSSR count). The van der Waals surface area contributed by atoms with E-state index in [1.165, 1.54) is 7.11 Å². The second-order valence-electron chi connectivity index (χ2n) is 7.55. The minimum absolute atomic E-state index is 0.0255. The third-order valence-electron chi connectivity index (χ3n) is 5.81. The Kier molecular flexibility index (Phi) is 4.62. The van der Waals surface area contributed by atoms with Crippen LogP contribution >= 0.6 is 0 Å². The Hall–Kier alpha value is -3.07. The molecule has 1 N–H and O–H groups in total. The van der Waals surface area contributed by atoms with Crippen LogP contribution in [-0.2, 0) is 0 Å². The minimum Gasteiger partial charge on any atom is -0.493 e. The van der Waals surface area contributed by atoms with Gasteiger partial charge in [-0.3, -0.25) is 4.99 Å². The maximum atomic E-state index is 13.0. The molecule has 0 bridgehead atoms. The van der Waals surface area contributed by atoms with Gasteiger partial charge in [-0.25, -0.2) is 4.63 Å². The lowest BCUT2D eigenvalue weighted by atomic mass is 9.74. The molecule has 2 heterocycles. The molecule has 3 atom stereocenters. The number of halogens is 2. The topological polar surface area (TPSA) is 90.0 Å². The number of methoxy groups -OCH3 is 1. The van der Waals surface area contributed by atoms with Crippen LogP contribution in [0.15, 0.2) is 40.0 Å². The van der Waals surface area contributed by atoms with E-state index in [9.17, 15) is 13.9 Å². The summed E-state index contributed by atoms with van der Waals surface area (Å²) in [5.74, 6) is 0.0825. The number of aliphatic hydroxyl groups is 1. The van der Waals surface area contributed by atoms with Crippen molar-refractivity contribution < 1.29 is 28.0 Å². The smallest absolute Gasteiger partial charge is 0.387 e. The van der Waals surface area contributed by atoms with Gasteiger partial charge >= 0.3 is 6.61 Å². The fraction of sp³-hybridized carbons (Fsp3) is 0.381. The van der Waals surface area contributed by atoms with Gasteiger partial charge < -0.3 is 14.6 Å². The second kappa shape index (κ2) is 7.32. The van der Waals surface area contributed by atoms with E-state index in [0.29, 0.717) is 30.3 Å². The predicted molar refractivity (Wildman–Crippen MR) is 103 cm³/mol. The van der Waals surface area contributed by atoms with Crippen molar-refractivity contribution in [2.24, 2.45) is 4.99 Å². The zero-order valence-corrected chi connectivity index (χ0v) is 16.1. The number of rotatable bonds is 4. The van der Waals surface area contributed by atoms with Gasteiger partial charge in [0.25, 0.3) is 0 Å². The first-order valence-electron chi connectivity index (χ1n) is 9.69. The number of aliphatic imine (C=N–C) groups is 1. The van der Waals surface area contributed by atoms with Crippen LogP contribution in [0.1, 0.15) is 41.9 Å². The number of alkyl halides is 2. The van der Waals surface area contributed by atoms with E-state index >= 15 is 0 Å². The van der Waals surface area contributed by atoms with Crippen molar-refractivity contribution in [3.8, 4) is 11.5 Å². The molecule has 1 aromatic heterocycles. The minimum atomic E-state index is -2.97. The largest absolute Gasteiger partial charge is 0.493 e. The average molecular weight is 415 g/mol. The Morgan fingerprint density at radius 3 is 2.73 bits per heavy atom. The van der Waals surface area contributed by atoms with Gasteiger partial charge in [-0.05, 0) is 59.4 Å². The lowest BCUT2D eigenvalue weighted by molar-refractivity contribution is -0.0513. The Morgan fingerprint density at radius 1 is 1.10 bits per heavy atom. The molecule has 9 heteroatoms. The van der Waals surface area contributed by atoms with Gasteiger partial charge in [-0.1, -0.05) is 6.07 Å². The summed E-state index contributed by atoms with van der Waals surface area (Å²) >= 11 is 0. The molecule has 2 aromatic carbocycles.